The Balaban J connectivity index is 1.96. The van der Waals surface area contributed by atoms with Crippen LogP contribution in [0.5, 0.6) is 0 Å². The molecule has 0 bridgehead atoms. The van der Waals surface area contributed by atoms with Gasteiger partial charge in [0.1, 0.15) is 12.4 Å². The minimum absolute atomic E-state index is 0.504. The van der Waals surface area contributed by atoms with Crippen LogP contribution in [-0.4, -0.2) is 24.2 Å². The van der Waals surface area contributed by atoms with Crippen LogP contribution < -0.4 is 0 Å². The van der Waals surface area contributed by atoms with Crippen molar-refractivity contribution in [1.82, 2.24) is 9.55 Å². The number of thiol groups is 1. The van der Waals surface area contributed by atoms with Crippen molar-refractivity contribution >= 4 is 47.7 Å². The smallest absolute Gasteiger partial charge is 0.143 e. The van der Waals surface area contributed by atoms with E-state index in [-0.39, 0.29) is 0 Å². The first-order valence-corrected chi connectivity index (χ1v) is 13.3. The second-order valence-electron chi connectivity index (χ2n) is 7.39. The monoisotopic (exact) mass is 434 g/mol. The van der Waals surface area contributed by atoms with Crippen molar-refractivity contribution in [3.05, 3.63) is 47.1 Å². The highest BCUT2D eigenvalue weighted by Crippen LogP contribution is 2.32. The van der Waals surface area contributed by atoms with Gasteiger partial charge in [0, 0.05) is 35.6 Å². The Bertz CT molecular complexity index is 889. The molecule has 0 unspecified atom stereocenters. The molecule has 6 heteroatoms. The number of hydrogen-bond donors (Lipinski definition) is 1. The molecule has 0 spiro atoms. The van der Waals surface area contributed by atoms with Gasteiger partial charge in [0.25, 0.3) is 0 Å². The van der Waals surface area contributed by atoms with Gasteiger partial charge in [0.15, 0.2) is 0 Å². The summed E-state index contributed by atoms with van der Waals surface area (Å²) in [7, 11) is -1.09. The lowest BCUT2D eigenvalue weighted by Crippen LogP contribution is -2.22. The van der Waals surface area contributed by atoms with Crippen molar-refractivity contribution in [2.24, 2.45) is 0 Å². The summed E-state index contributed by atoms with van der Waals surface area (Å²) in [4.78, 5) is 5.53. The van der Waals surface area contributed by atoms with Gasteiger partial charge in [0.2, 0.25) is 0 Å². The molecule has 1 aromatic carbocycles. The SMILES string of the molecule is C[Si](C)(C)CCOCn1c(-c2cccc(S)c2)cc2c(Br)ccnc21. The van der Waals surface area contributed by atoms with E-state index in [1.165, 1.54) is 0 Å². The van der Waals surface area contributed by atoms with Gasteiger partial charge in [-0.1, -0.05) is 31.8 Å². The number of halogens is 1. The van der Waals surface area contributed by atoms with Gasteiger partial charge >= 0.3 is 0 Å². The first-order valence-electron chi connectivity index (χ1n) is 8.36. The van der Waals surface area contributed by atoms with Crippen LogP contribution in [0.25, 0.3) is 22.3 Å². The third kappa shape index (κ3) is 4.56. The number of pyridine rings is 1. The van der Waals surface area contributed by atoms with E-state index in [0.29, 0.717) is 6.73 Å². The summed E-state index contributed by atoms with van der Waals surface area (Å²) < 4.78 is 9.21. The van der Waals surface area contributed by atoms with Gasteiger partial charge in [-0.05, 0) is 51.8 Å². The molecular weight excluding hydrogens is 412 g/mol. The summed E-state index contributed by atoms with van der Waals surface area (Å²) in [5.74, 6) is 0. The van der Waals surface area contributed by atoms with Crippen LogP contribution in [0, 0.1) is 0 Å². The Morgan fingerprint density at radius 2 is 2.00 bits per heavy atom. The first kappa shape index (κ1) is 18.7. The maximum Gasteiger partial charge on any atom is 0.143 e. The van der Waals surface area contributed by atoms with Gasteiger partial charge in [-0.2, -0.15) is 0 Å². The Hall–Kier alpha value is -1.08. The van der Waals surface area contributed by atoms with Crippen molar-refractivity contribution in [3.8, 4) is 11.3 Å². The molecule has 3 rings (SSSR count). The zero-order valence-electron chi connectivity index (χ0n) is 14.8. The third-order valence-electron chi connectivity index (χ3n) is 4.10. The molecule has 0 fully saturated rings. The van der Waals surface area contributed by atoms with E-state index in [1.807, 2.05) is 24.4 Å². The molecule has 0 saturated carbocycles. The molecule has 0 aliphatic rings. The van der Waals surface area contributed by atoms with E-state index in [1.54, 1.807) is 0 Å². The van der Waals surface area contributed by atoms with Crippen molar-refractivity contribution in [2.45, 2.75) is 37.3 Å². The lowest BCUT2D eigenvalue weighted by atomic mass is 10.1. The number of hydrogen-bond acceptors (Lipinski definition) is 3. The average Bonchev–Trinajstić information content (AvgIpc) is 2.91. The van der Waals surface area contributed by atoms with E-state index < -0.39 is 8.07 Å². The van der Waals surface area contributed by atoms with Gasteiger partial charge in [-0.3, -0.25) is 0 Å². The fraction of sp³-hybridized carbons (Fsp3) is 0.316. The maximum absolute atomic E-state index is 6.02. The van der Waals surface area contributed by atoms with E-state index in [0.717, 1.165) is 44.3 Å². The molecule has 3 nitrogen and oxygen atoms in total. The number of aromatic nitrogens is 2. The van der Waals surface area contributed by atoms with Crippen molar-refractivity contribution < 1.29 is 4.74 Å². The van der Waals surface area contributed by atoms with E-state index in [2.05, 4.69) is 75.9 Å². The van der Waals surface area contributed by atoms with Crippen LogP contribution >= 0.6 is 28.6 Å². The second kappa shape index (κ2) is 7.66. The molecule has 0 N–H and O–H groups in total. The molecule has 0 aliphatic carbocycles. The van der Waals surface area contributed by atoms with Crippen LogP contribution in [0.3, 0.4) is 0 Å². The molecule has 0 atom stereocenters. The minimum Gasteiger partial charge on any atom is -0.361 e. The van der Waals surface area contributed by atoms with Crippen LogP contribution in [0.1, 0.15) is 0 Å². The minimum atomic E-state index is -1.09. The van der Waals surface area contributed by atoms with Crippen LogP contribution in [0.15, 0.2) is 52.0 Å². The zero-order chi connectivity index (χ0) is 18.0. The molecule has 3 aromatic rings. The Kier molecular flexibility index (Phi) is 5.73. The first-order chi connectivity index (χ1) is 11.8. The molecule has 0 saturated heterocycles. The topological polar surface area (TPSA) is 27.1 Å². The molecule has 2 aromatic heterocycles. The van der Waals surface area contributed by atoms with Gasteiger partial charge in [0.05, 0.1) is 5.69 Å². The molecule has 0 radical (unpaired) electrons. The highest BCUT2D eigenvalue weighted by atomic mass is 79.9. The van der Waals surface area contributed by atoms with Crippen molar-refractivity contribution in [3.63, 3.8) is 0 Å². The summed E-state index contributed by atoms with van der Waals surface area (Å²) >= 11 is 8.11. The summed E-state index contributed by atoms with van der Waals surface area (Å²) in [5, 5.41) is 1.09. The summed E-state index contributed by atoms with van der Waals surface area (Å²) in [6.07, 6.45) is 1.82. The van der Waals surface area contributed by atoms with Crippen LogP contribution in [0.4, 0.5) is 0 Å². The summed E-state index contributed by atoms with van der Waals surface area (Å²) in [6, 6.07) is 13.5. The van der Waals surface area contributed by atoms with Crippen LogP contribution in [-0.2, 0) is 11.5 Å². The molecule has 132 valence electrons. The van der Waals surface area contributed by atoms with Crippen LogP contribution in [0.2, 0.25) is 25.7 Å². The predicted molar refractivity (Wildman–Crippen MR) is 114 cm³/mol. The highest BCUT2D eigenvalue weighted by molar-refractivity contribution is 9.10. The van der Waals surface area contributed by atoms with E-state index >= 15 is 0 Å². The molecule has 25 heavy (non-hydrogen) atoms. The van der Waals surface area contributed by atoms with Crippen molar-refractivity contribution in [2.75, 3.05) is 6.61 Å². The predicted octanol–water partition coefficient (Wildman–Crippen LogP) is 6.07. The largest absolute Gasteiger partial charge is 0.361 e. The quantitative estimate of drug-likeness (QED) is 0.289. The van der Waals surface area contributed by atoms with Gasteiger partial charge in [-0.15, -0.1) is 12.6 Å². The number of nitrogens with zero attached hydrogens (tertiary/aromatic N) is 2. The second-order valence-corrected chi connectivity index (χ2v) is 14.4. The van der Waals surface area contributed by atoms with Crippen molar-refractivity contribution in [1.29, 1.82) is 0 Å². The van der Waals surface area contributed by atoms with Gasteiger partial charge in [-0.25, -0.2) is 4.98 Å². The third-order valence-corrected chi connectivity index (χ3v) is 6.78. The fourth-order valence-corrected chi connectivity index (χ4v) is 4.08. The average molecular weight is 435 g/mol. The fourth-order valence-electron chi connectivity index (χ4n) is 2.69. The number of rotatable bonds is 6. The number of ether oxygens (including phenoxy) is 1. The summed E-state index contributed by atoms with van der Waals surface area (Å²) in [5.41, 5.74) is 3.14. The Morgan fingerprint density at radius 1 is 1.20 bits per heavy atom. The zero-order valence-corrected chi connectivity index (χ0v) is 18.3. The molecule has 2 heterocycles. The molecule has 0 aliphatic heterocycles. The Morgan fingerprint density at radius 3 is 2.72 bits per heavy atom. The summed E-state index contributed by atoms with van der Waals surface area (Å²) in [6.45, 7) is 8.39. The lowest BCUT2D eigenvalue weighted by molar-refractivity contribution is 0.0909. The van der Waals surface area contributed by atoms with E-state index in [9.17, 15) is 0 Å². The Labute approximate surface area is 164 Å². The van der Waals surface area contributed by atoms with E-state index in [4.69, 9.17) is 4.74 Å². The number of benzene rings is 1. The lowest BCUT2D eigenvalue weighted by Gasteiger charge is -2.16. The molecule has 0 amide bonds. The van der Waals surface area contributed by atoms with Gasteiger partial charge < -0.3 is 9.30 Å². The molecular formula is C19H23BrN2OSSi. The standard InChI is InChI=1S/C19H23BrN2OSSi/c1-25(2,3)10-9-23-13-22-18(14-5-4-6-15(24)11-14)12-16-17(20)7-8-21-19(16)22/h4-8,11-12,24H,9-10,13H2,1-3H3. The normalized spacial score (nSPS) is 12.0. The number of fused-ring (bicyclic) bond motifs is 1. The maximum atomic E-state index is 6.02. The highest BCUT2D eigenvalue weighted by Gasteiger charge is 2.15.